The van der Waals surface area contributed by atoms with Crippen LogP contribution in [-0.4, -0.2) is 5.84 Å². The predicted molar refractivity (Wildman–Crippen MR) is 74.0 cm³/mol. The van der Waals surface area contributed by atoms with Crippen LogP contribution in [0.5, 0.6) is 11.5 Å². The maximum Gasteiger partial charge on any atom is 0.146 e. The quantitative estimate of drug-likeness (QED) is 0.659. The van der Waals surface area contributed by atoms with Gasteiger partial charge < -0.3 is 10.5 Å². The lowest BCUT2D eigenvalue weighted by Crippen LogP contribution is -2.12. The molecule has 3 nitrogen and oxygen atoms in total. The molecule has 2 aromatic rings. The van der Waals surface area contributed by atoms with Crippen LogP contribution in [-0.2, 0) is 0 Å². The molecule has 0 bridgehead atoms. The second kappa shape index (κ2) is 5.47. The van der Waals surface area contributed by atoms with Gasteiger partial charge in [-0.15, -0.1) is 0 Å². The summed E-state index contributed by atoms with van der Waals surface area (Å²) in [5, 5.41) is 8.01. The summed E-state index contributed by atoms with van der Waals surface area (Å²) in [6.45, 7) is 0. The average molecular weight is 299 g/mol. The summed E-state index contributed by atoms with van der Waals surface area (Å²) in [7, 11) is 0. The zero-order valence-corrected chi connectivity index (χ0v) is 11.1. The summed E-state index contributed by atoms with van der Waals surface area (Å²) in [5.41, 5.74) is 5.83. The van der Waals surface area contributed by atoms with Crippen LogP contribution in [0.1, 0.15) is 5.56 Å². The van der Waals surface area contributed by atoms with Crippen LogP contribution in [0, 0.1) is 11.2 Å². The molecule has 0 saturated carbocycles. The fraction of sp³-hybridized carbons (Fsp3) is 0. The summed E-state index contributed by atoms with van der Waals surface area (Å²) in [4.78, 5) is 0. The standard InChI is InChI=1S/C13H9Cl2FN2O/c14-7-1-3-9(13(17)18)12(5-7)19-11-4-2-8(16)6-10(11)15/h1-6H,(H3,17,18). The minimum atomic E-state index is -0.463. The smallest absolute Gasteiger partial charge is 0.146 e. The number of benzene rings is 2. The van der Waals surface area contributed by atoms with E-state index in [0.29, 0.717) is 10.6 Å². The highest BCUT2D eigenvalue weighted by Crippen LogP contribution is 2.33. The predicted octanol–water partition coefficient (Wildman–Crippen LogP) is 4.21. The highest BCUT2D eigenvalue weighted by Gasteiger charge is 2.11. The van der Waals surface area contributed by atoms with E-state index in [1.54, 1.807) is 12.1 Å². The van der Waals surface area contributed by atoms with Gasteiger partial charge in [0.05, 0.1) is 10.6 Å². The fourth-order valence-electron chi connectivity index (χ4n) is 1.48. The number of nitrogens with two attached hydrogens (primary N) is 1. The molecule has 0 saturated heterocycles. The molecule has 0 radical (unpaired) electrons. The van der Waals surface area contributed by atoms with Gasteiger partial charge in [-0.05, 0) is 30.3 Å². The van der Waals surface area contributed by atoms with Crippen molar-refractivity contribution < 1.29 is 9.13 Å². The van der Waals surface area contributed by atoms with Crippen molar-refractivity contribution in [2.75, 3.05) is 0 Å². The van der Waals surface area contributed by atoms with Crippen molar-refractivity contribution in [3.8, 4) is 11.5 Å². The van der Waals surface area contributed by atoms with Gasteiger partial charge in [-0.2, -0.15) is 0 Å². The molecule has 6 heteroatoms. The lowest BCUT2D eigenvalue weighted by molar-refractivity contribution is 0.480. The highest BCUT2D eigenvalue weighted by atomic mass is 35.5. The molecule has 2 rings (SSSR count). The maximum atomic E-state index is 12.9. The van der Waals surface area contributed by atoms with Crippen LogP contribution in [0.15, 0.2) is 36.4 Å². The maximum absolute atomic E-state index is 12.9. The Hall–Kier alpha value is -1.78. The Kier molecular flexibility index (Phi) is 3.93. The molecule has 2 aromatic carbocycles. The molecule has 0 fully saturated rings. The molecule has 0 atom stereocenters. The second-order valence-electron chi connectivity index (χ2n) is 3.73. The minimum absolute atomic E-state index is 0.120. The minimum Gasteiger partial charge on any atom is -0.455 e. The Morgan fingerprint density at radius 3 is 2.47 bits per heavy atom. The van der Waals surface area contributed by atoms with Gasteiger partial charge in [0.15, 0.2) is 0 Å². The van der Waals surface area contributed by atoms with E-state index in [-0.39, 0.29) is 22.4 Å². The third kappa shape index (κ3) is 3.16. The molecule has 0 heterocycles. The molecular weight excluding hydrogens is 290 g/mol. The number of rotatable bonds is 3. The van der Waals surface area contributed by atoms with Crippen molar-refractivity contribution in [2.45, 2.75) is 0 Å². The first-order valence-electron chi connectivity index (χ1n) is 5.24. The first-order valence-corrected chi connectivity index (χ1v) is 6.00. The monoisotopic (exact) mass is 298 g/mol. The molecule has 0 aromatic heterocycles. The van der Waals surface area contributed by atoms with Gasteiger partial charge in [0.25, 0.3) is 0 Å². The normalized spacial score (nSPS) is 10.3. The van der Waals surface area contributed by atoms with Crippen LogP contribution in [0.3, 0.4) is 0 Å². The molecule has 0 unspecified atom stereocenters. The van der Waals surface area contributed by atoms with Crippen molar-refractivity contribution in [1.82, 2.24) is 0 Å². The molecule has 3 N–H and O–H groups in total. The summed E-state index contributed by atoms with van der Waals surface area (Å²) >= 11 is 11.7. The number of amidine groups is 1. The van der Waals surface area contributed by atoms with E-state index in [1.807, 2.05) is 0 Å². The average Bonchev–Trinajstić information content (AvgIpc) is 2.32. The Morgan fingerprint density at radius 2 is 1.84 bits per heavy atom. The molecule has 0 aliphatic heterocycles. The van der Waals surface area contributed by atoms with Crippen molar-refractivity contribution >= 4 is 29.0 Å². The van der Waals surface area contributed by atoms with Gasteiger partial charge in [0.1, 0.15) is 23.2 Å². The molecular formula is C13H9Cl2FN2O. The molecule has 98 valence electrons. The fourth-order valence-corrected chi connectivity index (χ4v) is 1.85. The lowest BCUT2D eigenvalue weighted by atomic mass is 10.2. The van der Waals surface area contributed by atoms with Crippen molar-refractivity contribution in [2.24, 2.45) is 5.73 Å². The van der Waals surface area contributed by atoms with Crippen LogP contribution in [0.25, 0.3) is 0 Å². The van der Waals surface area contributed by atoms with Gasteiger partial charge in [-0.3, -0.25) is 5.41 Å². The van der Waals surface area contributed by atoms with E-state index in [2.05, 4.69) is 0 Å². The Bertz CT molecular complexity index is 647. The first kappa shape index (κ1) is 13.6. The molecule has 0 amide bonds. The van der Waals surface area contributed by atoms with Gasteiger partial charge >= 0.3 is 0 Å². The number of hydrogen-bond donors (Lipinski definition) is 2. The Morgan fingerprint density at radius 1 is 1.11 bits per heavy atom. The molecule has 0 aliphatic rings. The lowest BCUT2D eigenvalue weighted by Gasteiger charge is -2.11. The molecule has 19 heavy (non-hydrogen) atoms. The number of hydrogen-bond acceptors (Lipinski definition) is 2. The van der Waals surface area contributed by atoms with Gasteiger partial charge in [0, 0.05) is 11.1 Å². The number of nitrogen functional groups attached to an aromatic ring is 1. The van der Waals surface area contributed by atoms with Crippen molar-refractivity contribution in [1.29, 1.82) is 5.41 Å². The van der Waals surface area contributed by atoms with E-state index in [4.69, 9.17) is 39.1 Å². The Labute approximate surface area is 119 Å². The van der Waals surface area contributed by atoms with E-state index >= 15 is 0 Å². The molecule has 0 aliphatic carbocycles. The Balaban J connectivity index is 2.42. The van der Waals surface area contributed by atoms with Gasteiger partial charge in [0.2, 0.25) is 0 Å². The zero-order valence-electron chi connectivity index (χ0n) is 9.58. The van der Waals surface area contributed by atoms with Crippen LogP contribution >= 0.6 is 23.2 Å². The summed E-state index contributed by atoms with van der Waals surface area (Å²) in [6, 6.07) is 8.42. The first-order chi connectivity index (χ1) is 8.97. The summed E-state index contributed by atoms with van der Waals surface area (Å²) in [5.74, 6) is -0.0820. The second-order valence-corrected chi connectivity index (χ2v) is 4.57. The van der Waals surface area contributed by atoms with Gasteiger partial charge in [-0.1, -0.05) is 23.2 Å². The van der Waals surface area contributed by atoms with Crippen LogP contribution in [0.4, 0.5) is 4.39 Å². The van der Waals surface area contributed by atoms with E-state index in [1.165, 1.54) is 18.2 Å². The van der Waals surface area contributed by atoms with Crippen LogP contribution < -0.4 is 10.5 Å². The number of halogens is 3. The number of nitrogens with one attached hydrogen (secondary N) is 1. The third-order valence-corrected chi connectivity index (χ3v) is 2.88. The zero-order chi connectivity index (χ0) is 14.0. The molecule has 0 spiro atoms. The van der Waals surface area contributed by atoms with Gasteiger partial charge in [-0.25, -0.2) is 4.39 Å². The number of ether oxygens (including phenoxy) is 1. The van der Waals surface area contributed by atoms with Crippen LogP contribution in [0.2, 0.25) is 10.0 Å². The highest BCUT2D eigenvalue weighted by molar-refractivity contribution is 6.32. The SMILES string of the molecule is N=C(N)c1ccc(Cl)cc1Oc1ccc(F)cc1Cl. The largest absolute Gasteiger partial charge is 0.455 e. The van der Waals surface area contributed by atoms with Crippen molar-refractivity contribution in [3.63, 3.8) is 0 Å². The summed E-state index contributed by atoms with van der Waals surface area (Å²) < 4.78 is 18.5. The third-order valence-electron chi connectivity index (χ3n) is 2.35. The van der Waals surface area contributed by atoms with Crippen molar-refractivity contribution in [3.05, 3.63) is 57.8 Å². The van der Waals surface area contributed by atoms with E-state index < -0.39 is 5.82 Å². The topological polar surface area (TPSA) is 59.1 Å². The van der Waals surface area contributed by atoms with E-state index in [0.717, 1.165) is 6.07 Å². The summed E-state index contributed by atoms with van der Waals surface area (Å²) in [6.07, 6.45) is 0. The van der Waals surface area contributed by atoms with E-state index in [9.17, 15) is 4.39 Å².